The molecule has 2 aliphatic heterocycles. The Hall–Kier alpha value is -0.160. The van der Waals surface area contributed by atoms with Crippen LogP contribution in [0.3, 0.4) is 0 Å². The summed E-state index contributed by atoms with van der Waals surface area (Å²) >= 11 is 0. The summed E-state index contributed by atoms with van der Waals surface area (Å²) in [4.78, 5) is 2.56. The van der Waals surface area contributed by atoms with Gasteiger partial charge in [-0.05, 0) is 25.8 Å². The van der Waals surface area contributed by atoms with Crippen LogP contribution >= 0.6 is 0 Å². The second-order valence-electron chi connectivity index (χ2n) is 4.87. The molecule has 1 atom stereocenters. The van der Waals surface area contributed by atoms with Crippen LogP contribution in [-0.4, -0.2) is 64.1 Å². The number of rotatable bonds is 4. The van der Waals surface area contributed by atoms with Crippen molar-refractivity contribution in [3.05, 3.63) is 0 Å². The number of hydrogen-bond acceptors (Lipinski definition) is 4. The molecule has 1 unspecified atom stereocenters. The highest BCUT2D eigenvalue weighted by Crippen LogP contribution is 2.17. The third-order valence-corrected chi connectivity index (χ3v) is 3.51. The number of hydrogen-bond donors (Lipinski definition) is 1. The maximum absolute atomic E-state index is 5.71. The van der Waals surface area contributed by atoms with Crippen molar-refractivity contribution in [3.8, 4) is 0 Å². The van der Waals surface area contributed by atoms with Crippen molar-refractivity contribution in [3.63, 3.8) is 0 Å². The molecule has 94 valence electrons. The van der Waals surface area contributed by atoms with Gasteiger partial charge in [0.25, 0.3) is 0 Å². The summed E-state index contributed by atoms with van der Waals surface area (Å²) in [5, 5.41) is 3.19. The Morgan fingerprint density at radius 2 is 2.06 bits per heavy atom. The second-order valence-corrected chi connectivity index (χ2v) is 4.87. The monoisotopic (exact) mass is 228 g/mol. The first kappa shape index (κ1) is 12.3. The van der Waals surface area contributed by atoms with Crippen molar-refractivity contribution < 1.29 is 9.47 Å². The van der Waals surface area contributed by atoms with Gasteiger partial charge in [0.15, 0.2) is 0 Å². The summed E-state index contributed by atoms with van der Waals surface area (Å²) in [5.74, 6) is 0.835. The third-order valence-electron chi connectivity index (χ3n) is 3.51. The average Bonchev–Trinajstić information content (AvgIpc) is 2.31. The topological polar surface area (TPSA) is 33.7 Å². The molecule has 0 bridgehead atoms. The molecule has 0 spiro atoms. The van der Waals surface area contributed by atoms with E-state index >= 15 is 0 Å². The van der Waals surface area contributed by atoms with E-state index in [1.165, 1.54) is 19.4 Å². The van der Waals surface area contributed by atoms with Crippen molar-refractivity contribution >= 4 is 0 Å². The van der Waals surface area contributed by atoms with E-state index in [0.717, 1.165) is 45.4 Å². The molecule has 0 saturated carbocycles. The van der Waals surface area contributed by atoms with Crippen LogP contribution in [0.15, 0.2) is 0 Å². The summed E-state index contributed by atoms with van der Waals surface area (Å²) in [5.41, 5.74) is 0. The molecule has 0 amide bonds. The van der Waals surface area contributed by atoms with Crippen LogP contribution in [0.4, 0.5) is 0 Å². The number of nitrogens with one attached hydrogen (secondary N) is 1. The molecule has 1 N–H and O–H groups in total. The molecule has 0 aromatic rings. The van der Waals surface area contributed by atoms with E-state index in [1.54, 1.807) is 0 Å². The number of likely N-dealkylation sites (N-methyl/N-ethyl adjacent to an activating group) is 1. The highest BCUT2D eigenvalue weighted by molar-refractivity contribution is 4.76. The molecule has 2 aliphatic rings. The Labute approximate surface area is 98.3 Å². The summed E-state index contributed by atoms with van der Waals surface area (Å²) < 4.78 is 11.1. The molecule has 4 nitrogen and oxygen atoms in total. The smallest absolute Gasteiger partial charge is 0.0826 e. The normalized spacial score (nSPS) is 29.4. The summed E-state index contributed by atoms with van der Waals surface area (Å²) in [6.45, 7) is 7.16. The lowest BCUT2D eigenvalue weighted by molar-refractivity contribution is -0.0376. The minimum absolute atomic E-state index is 0.374. The zero-order valence-electron chi connectivity index (χ0n) is 10.3. The lowest BCUT2D eigenvalue weighted by Crippen LogP contribution is -2.48. The Bertz CT molecular complexity index is 193. The molecular formula is C12H24N2O2. The van der Waals surface area contributed by atoms with E-state index < -0.39 is 0 Å². The molecule has 4 heteroatoms. The van der Waals surface area contributed by atoms with E-state index in [1.807, 2.05) is 7.05 Å². The molecule has 2 saturated heterocycles. The lowest BCUT2D eigenvalue weighted by Gasteiger charge is -2.36. The number of morpholine rings is 1. The molecular weight excluding hydrogens is 204 g/mol. The van der Waals surface area contributed by atoms with Gasteiger partial charge in [-0.2, -0.15) is 0 Å². The maximum Gasteiger partial charge on any atom is 0.0826 e. The first-order valence-electron chi connectivity index (χ1n) is 6.45. The predicted molar refractivity (Wildman–Crippen MR) is 63.6 cm³/mol. The molecule has 2 rings (SSSR count). The molecule has 2 fully saturated rings. The van der Waals surface area contributed by atoms with Crippen molar-refractivity contribution in [2.24, 2.45) is 5.92 Å². The standard InChI is InChI=1S/C12H24N2O2/c1-13-8-12-10-14(4-7-16-12)9-11-2-5-15-6-3-11/h11-13H,2-10H2,1H3. The lowest BCUT2D eigenvalue weighted by atomic mass is 9.99. The summed E-state index contributed by atoms with van der Waals surface area (Å²) in [6.07, 6.45) is 2.83. The quantitative estimate of drug-likeness (QED) is 0.752. The van der Waals surface area contributed by atoms with E-state index in [-0.39, 0.29) is 0 Å². The fourth-order valence-electron chi connectivity index (χ4n) is 2.59. The average molecular weight is 228 g/mol. The second kappa shape index (κ2) is 6.55. The molecule has 0 radical (unpaired) electrons. The number of ether oxygens (including phenoxy) is 2. The van der Waals surface area contributed by atoms with Gasteiger partial charge >= 0.3 is 0 Å². The van der Waals surface area contributed by atoms with Gasteiger partial charge in [-0.3, -0.25) is 4.90 Å². The van der Waals surface area contributed by atoms with Crippen LogP contribution in [0.25, 0.3) is 0 Å². The predicted octanol–water partition coefficient (Wildman–Crippen LogP) is 0.333. The van der Waals surface area contributed by atoms with Gasteiger partial charge in [0, 0.05) is 39.4 Å². The van der Waals surface area contributed by atoms with Crippen LogP contribution in [0, 0.1) is 5.92 Å². The number of nitrogens with zero attached hydrogens (tertiary/aromatic N) is 1. The highest BCUT2D eigenvalue weighted by atomic mass is 16.5. The van der Waals surface area contributed by atoms with E-state index in [9.17, 15) is 0 Å². The fourth-order valence-corrected chi connectivity index (χ4v) is 2.59. The molecule has 0 aliphatic carbocycles. The van der Waals surface area contributed by atoms with Gasteiger partial charge in [-0.1, -0.05) is 0 Å². The van der Waals surface area contributed by atoms with Crippen LogP contribution in [-0.2, 0) is 9.47 Å². The molecule has 0 aromatic carbocycles. The Morgan fingerprint density at radius 1 is 1.25 bits per heavy atom. The van der Waals surface area contributed by atoms with Gasteiger partial charge in [0.05, 0.1) is 12.7 Å². The van der Waals surface area contributed by atoms with Crippen LogP contribution in [0.1, 0.15) is 12.8 Å². The van der Waals surface area contributed by atoms with Crippen LogP contribution < -0.4 is 5.32 Å². The minimum Gasteiger partial charge on any atom is -0.381 e. The molecule has 2 heterocycles. The first-order chi connectivity index (χ1) is 7.88. The van der Waals surface area contributed by atoms with Crippen molar-refractivity contribution in [2.75, 3.05) is 53.0 Å². The zero-order valence-corrected chi connectivity index (χ0v) is 10.3. The maximum atomic E-state index is 5.71. The first-order valence-corrected chi connectivity index (χ1v) is 6.45. The Kier molecular flexibility index (Phi) is 5.03. The van der Waals surface area contributed by atoms with Gasteiger partial charge < -0.3 is 14.8 Å². The van der Waals surface area contributed by atoms with E-state index in [0.29, 0.717) is 6.10 Å². The van der Waals surface area contributed by atoms with Crippen molar-refractivity contribution in [1.29, 1.82) is 0 Å². The largest absolute Gasteiger partial charge is 0.381 e. The van der Waals surface area contributed by atoms with Gasteiger partial charge in [-0.25, -0.2) is 0 Å². The van der Waals surface area contributed by atoms with E-state index in [2.05, 4.69) is 10.2 Å². The molecule has 16 heavy (non-hydrogen) atoms. The van der Waals surface area contributed by atoms with Crippen molar-refractivity contribution in [1.82, 2.24) is 10.2 Å². The van der Waals surface area contributed by atoms with E-state index in [4.69, 9.17) is 9.47 Å². The van der Waals surface area contributed by atoms with Crippen LogP contribution in [0.2, 0.25) is 0 Å². The summed E-state index contributed by atoms with van der Waals surface area (Å²) in [7, 11) is 1.99. The van der Waals surface area contributed by atoms with Gasteiger partial charge in [-0.15, -0.1) is 0 Å². The summed E-state index contributed by atoms with van der Waals surface area (Å²) in [6, 6.07) is 0. The fraction of sp³-hybridized carbons (Fsp3) is 1.00. The van der Waals surface area contributed by atoms with Crippen LogP contribution in [0.5, 0.6) is 0 Å². The zero-order chi connectivity index (χ0) is 11.2. The third kappa shape index (κ3) is 3.70. The SMILES string of the molecule is CNCC1CN(CC2CCOCC2)CCO1. The highest BCUT2D eigenvalue weighted by Gasteiger charge is 2.23. The molecule has 0 aromatic heterocycles. The Morgan fingerprint density at radius 3 is 2.81 bits per heavy atom. The van der Waals surface area contributed by atoms with Gasteiger partial charge in [0.2, 0.25) is 0 Å². The van der Waals surface area contributed by atoms with Gasteiger partial charge in [0.1, 0.15) is 0 Å². The Balaban J connectivity index is 1.71. The van der Waals surface area contributed by atoms with Crippen molar-refractivity contribution in [2.45, 2.75) is 18.9 Å². The minimum atomic E-state index is 0.374.